The van der Waals surface area contributed by atoms with Crippen LogP contribution < -0.4 is 10.5 Å². The molecule has 148 valence electrons. The Bertz CT molecular complexity index is 1070. The third-order valence-electron chi connectivity index (χ3n) is 5.71. The van der Waals surface area contributed by atoms with Gasteiger partial charge in [0, 0.05) is 30.8 Å². The number of hydrogen-bond donors (Lipinski definition) is 0. The molecular formula is C21H28N6O. The number of nitrogens with zero attached hydrogens (tertiary/aromatic N) is 6. The monoisotopic (exact) mass is 380 g/mol. The summed E-state index contributed by atoms with van der Waals surface area (Å²) in [4.78, 5) is 23.8. The molecular weight excluding hydrogens is 352 g/mol. The zero-order chi connectivity index (χ0) is 20.1. The number of hydrogen-bond acceptors (Lipinski definition) is 5. The summed E-state index contributed by atoms with van der Waals surface area (Å²) < 4.78 is 3.77. The first-order chi connectivity index (χ1) is 13.3. The number of aryl methyl sites for hydroxylation is 2. The van der Waals surface area contributed by atoms with Crippen LogP contribution in [-0.4, -0.2) is 36.9 Å². The van der Waals surface area contributed by atoms with E-state index in [1.807, 2.05) is 6.07 Å². The van der Waals surface area contributed by atoms with Crippen LogP contribution in [0.3, 0.4) is 0 Å². The maximum atomic E-state index is 12.5. The molecule has 1 aliphatic rings. The topological polar surface area (TPSA) is 68.8 Å². The maximum Gasteiger partial charge on any atom is 0.266 e. The van der Waals surface area contributed by atoms with Gasteiger partial charge in [0.1, 0.15) is 11.8 Å². The molecule has 1 aliphatic heterocycles. The van der Waals surface area contributed by atoms with Crippen molar-refractivity contribution >= 4 is 16.9 Å². The van der Waals surface area contributed by atoms with E-state index in [0.29, 0.717) is 6.54 Å². The zero-order valence-electron chi connectivity index (χ0n) is 17.3. The molecule has 7 heteroatoms. The van der Waals surface area contributed by atoms with Gasteiger partial charge in [-0.15, -0.1) is 0 Å². The van der Waals surface area contributed by atoms with Crippen molar-refractivity contribution in [2.75, 3.05) is 11.4 Å². The van der Waals surface area contributed by atoms with Crippen LogP contribution in [0.1, 0.15) is 45.0 Å². The fourth-order valence-electron chi connectivity index (χ4n) is 3.97. The molecule has 0 radical (unpaired) electrons. The molecule has 0 amide bonds. The molecule has 0 bridgehead atoms. The molecule has 1 saturated heterocycles. The Balaban J connectivity index is 1.70. The molecule has 0 aromatic carbocycles. The van der Waals surface area contributed by atoms with Crippen molar-refractivity contribution in [2.24, 2.45) is 7.05 Å². The standard InChI is InChI=1S/C21H28N6O/c1-14-11-16-19(25(14)5)20(23-13-22-16)26-10-6-7-15(26)12-27-18(28)9-8-17(24-27)21(2,3)4/h8-9,11,13,15H,6-7,10,12H2,1-5H3. The third kappa shape index (κ3) is 3.19. The Morgan fingerprint density at radius 2 is 2.00 bits per heavy atom. The van der Waals surface area contributed by atoms with Crippen molar-refractivity contribution in [3.05, 3.63) is 46.3 Å². The van der Waals surface area contributed by atoms with Crippen LogP contribution in [0, 0.1) is 6.92 Å². The van der Waals surface area contributed by atoms with Gasteiger partial charge in [-0.05, 0) is 31.9 Å². The first-order valence-corrected chi connectivity index (χ1v) is 9.88. The van der Waals surface area contributed by atoms with Crippen LogP contribution >= 0.6 is 0 Å². The SMILES string of the molecule is Cc1cc2ncnc(N3CCCC3Cn3nc(C(C)(C)C)ccc3=O)c2n1C. The Morgan fingerprint density at radius 1 is 1.21 bits per heavy atom. The predicted molar refractivity (Wildman–Crippen MR) is 111 cm³/mol. The highest BCUT2D eigenvalue weighted by Gasteiger charge is 2.29. The lowest BCUT2D eigenvalue weighted by Gasteiger charge is -2.27. The van der Waals surface area contributed by atoms with E-state index >= 15 is 0 Å². The van der Waals surface area contributed by atoms with E-state index in [2.05, 4.69) is 65.3 Å². The van der Waals surface area contributed by atoms with Crippen molar-refractivity contribution in [1.29, 1.82) is 0 Å². The second kappa shape index (κ2) is 6.72. The molecule has 1 fully saturated rings. The summed E-state index contributed by atoms with van der Waals surface area (Å²) in [6, 6.07) is 5.75. The summed E-state index contributed by atoms with van der Waals surface area (Å²) in [6.45, 7) is 9.91. The van der Waals surface area contributed by atoms with Crippen LogP contribution in [0.15, 0.2) is 29.3 Å². The fourth-order valence-corrected chi connectivity index (χ4v) is 3.97. The van der Waals surface area contributed by atoms with Crippen LogP contribution in [0.2, 0.25) is 0 Å². The van der Waals surface area contributed by atoms with Crippen molar-refractivity contribution in [3.63, 3.8) is 0 Å². The van der Waals surface area contributed by atoms with E-state index in [9.17, 15) is 4.79 Å². The van der Waals surface area contributed by atoms with E-state index in [4.69, 9.17) is 0 Å². The summed E-state index contributed by atoms with van der Waals surface area (Å²) in [6.07, 6.45) is 3.73. The summed E-state index contributed by atoms with van der Waals surface area (Å²) in [5.41, 5.74) is 3.95. The molecule has 4 rings (SSSR count). The molecule has 1 unspecified atom stereocenters. The van der Waals surface area contributed by atoms with Crippen LogP contribution in [0.25, 0.3) is 11.0 Å². The van der Waals surface area contributed by atoms with Gasteiger partial charge in [-0.2, -0.15) is 5.10 Å². The Hall–Kier alpha value is -2.70. The Morgan fingerprint density at radius 3 is 2.75 bits per heavy atom. The van der Waals surface area contributed by atoms with Gasteiger partial charge in [0.2, 0.25) is 0 Å². The highest BCUT2D eigenvalue weighted by atomic mass is 16.1. The smallest absolute Gasteiger partial charge is 0.266 e. The van der Waals surface area contributed by atoms with Gasteiger partial charge >= 0.3 is 0 Å². The number of aromatic nitrogens is 5. The fraction of sp³-hybridized carbons (Fsp3) is 0.524. The lowest BCUT2D eigenvalue weighted by Crippen LogP contribution is -2.38. The third-order valence-corrected chi connectivity index (χ3v) is 5.71. The zero-order valence-corrected chi connectivity index (χ0v) is 17.3. The van der Waals surface area contributed by atoms with Gasteiger partial charge in [0.15, 0.2) is 5.82 Å². The van der Waals surface area contributed by atoms with Crippen molar-refractivity contribution in [2.45, 2.75) is 58.5 Å². The summed E-state index contributed by atoms with van der Waals surface area (Å²) >= 11 is 0. The molecule has 0 aliphatic carbocycles. The molecule has 7 nitrogen and oxygen atoms in total. The Kier molecular flexibility index (Phi) is 4.48. The van der Waals surface area contributed by atoms with Gasteiger partial charge in [-0.25, -0.2) is 14.6 Å². The van der Waals surface area contributed by atoms with E-state index < -0.39 is 0 Å². The molecule has 1 atom stereocenters. The summed E-state index contributed by atoms with van der Waals surface area (Å²) in [5, 5.41) is 4.66. The van der Waals surface area contributed by atoms with E-state index in [-0.39, 0.29) is 17.0 Å². The van der Waals surface area contributed by atoms with Crippen molar-refractivity contribution in [3.8, 4) is 0 Å². The van der Waals surface area contributed by atoms with Crippen LogP contribution in [-0.2, 0) is 19.0 Å². The average molecular weight is 380 g/mol. The number of rotatable bonds is 3. The summed E-state index contributed by atoms with van der Waals surface area (Å²) in [7, 11) is 2.05. The van der Waals surface area contributed by atoms with E-state index in [1.165, 1.54) is 0 Å². The Labute approximate surface area is 165 Å². The minimum absolute atomic E-state index is 0.0533. The highest BCUT2D eigenvalue weighted by Crippen LogP contribution is 2.31. The van der Waals surface area contributed by atoms with Gasteiger partial charge in [0.25, 0.3) is 5.56 Å². The highest BCUT2D eigenvalue weighted by molar-refractivity contribution is 5.87. The van der Waals surface area contributed by atoms with Gasteiger partial charge in [0.05, 0.1) is 23.8 Å². The predicted octanol–water partition coefficient (Wildman–Crippen LogP) is 2.80. The molecule has 28 heavy (non-hydrogen) atoms. The van der Waals surface area contributed by atoms with Gasteiger partial charge < -0.3 is 9.47 Å². The number of anilines is 1. The molecule has 0 saturated carbocycles. The van der Waals surface area contributed by atoms with E-state index in [1.54, 1.807) is 17.1 Å². The van der Waals surface area contributed by atoms with Crippen molar-refractivity contribution < 1.29 is 0 Å². The minimum atomic E-state index is -0.0931. The average Bonchev–Trinajstić information content (AvgIpc) is 3.20. The van der Waals surface area contributed by atoms with Crippen LogP contribution in [0.4, 0.5) is 5.82 Å². The van der Waals surface area contributed by atoms with Gasteiger partial charge in [-0.1, -0.05) is 20.8 Å². The normalized spacial score (nSPS) is 17.6. The van der Waals surface area contributed by atoms with Gasteiger partial charge in [-0.3, -0.25) is 4.79 Å². The molecule has 3 aromatic heterocycles. The largest absolute Gasteiger partial charge is 0.350 e. The molecule has 4 heterocycles. The molecule has 0 N–H and O–H groups in total. The first kappa shape index (κ1) is 18.7. The van der Waals surface area contributed by atoms with E-state index in [0.717, 1.165) is 47.6 Å². The lowest BCUT2D eigenvalue weighted by atomic mass is 9.92. The first-order valence-electron chi connectivity index (χ1n) is 9.88. The molecule has 3 aromatic rings. The lowest BCUT2D eigenvalue weighted by molar-refractivity contribution is 0.456. The quantitative estimate of drug-likeness (QED) is 0.699. The summed E-state index contributed by atoms with van der Waals surface area (Å²) in [5.74, 6) is 0.947. The second-order valence-electron chi connectivity index (χ2n) is 8.75. The second-order valence-corrected chi connectivity index (χ2v) is 8.75. The maximum absolute atomic E-state index is 12.5. The van der Waals surface area contributed by atoms with Crippen LogP contribution in [0.5, 0.6) is 0 Å². The number of fused-ring (bicyclic) bond motifs is 1. The molecule has 0 spiro atoms. The minimum Gasteiger partial charge on any atom is -0.350 e. The van der Waals surface area contributed by atoms with Crippen molar-refractivity contribution in [1.82, 2.24) is 24.3 Å².